The maximum absolute atomic E-state index is 13.5. The van der Waals surface area contributed by atoms with Gasteiger partial charge in [-0.05, 0) is 19.1 Å². The molecular formula is C12H17FO4S. The van der Waals surface area contributed by atoms with Gasteiger partial charge in [-0.1, -0.05) is 6.92 Å². The lowest BCUT2D eigenvalue weighted by Gasteiger charge is -2.09. The molecule has 0 unspecified atom stereocenters. The van der Waals surface area contributed by atoms with Crippen LogP contribution in [-0.2, 0) is 9.84 Å². The Morgan fingerprint density at radius 3 is 2.61 bits per heavy atom. The molecule has 0 aliphatic rings. The van der Waals surface area contributed by atoms with Crippen LogP contribution >= 0.6 is 0 Å². The average molecular weight is 276 g/mol. The zero-order valence-corrected chi connectivity index (χ0v) is 11.2. The lowest BCUT2D eigenvalue weighted by molar-refractivity contribution is 0.194. The number of ether oxygens (including phenoxy) is 1. The molecule has 0 fully saturated rings. The van der Waals surface area contributed by atoms with Crippen LogP contribution in [0.25, 0.3) is 0 Å². The third-order valence-electron chi connectivity index (χ3n) is 2.52. The smallest absolute Gasteiger partial charge is 0.153 e. The predicted octanol–water partition coefficient (Wildman–Crippen LogP) is 1.69. The van der Waals surface area contributed by atoms with Crippen LogP contribution in [0.3, 0.4) is 0 Å². The van der Waals surface area contributed by atoms with E-state index < -0.39 is 21.8 Å². The highest BCUT2D eigenvalue weighted by molar-refractivity contribution is 7.91. The molecular weight excluding hydrogens is 259 g/mol. The van der Waals surface area contributed by atoms with Crippen LogP contribution in [0.5, 0.6) is 5.75 Å². The molecule has 4 nitrogen and oxygen atoms in total. The minimum Gasteiger partial charge on any atom is -0.492 e. The average Bonchev–Trinajstić information content (AvgIpc) is 2.28. The molecule has 0 radical (unpaired) electrons. The summed E-state index contributed by atoms with van der Waals surface area (Å²) < 4.78 is 41.1. The molecule has 0 aliphatic heterocycles. The summed E-state index contributed by atoms with van der Waals surface area (Å²) in [5.41, 5.74) is 0.184. The third-order valence-corrected chi connectivity index (χ3v) is 4.19. The maximum Gasteiger partial charge on any atom is 0.153 e. The Morgan fingerprint density at radius 2 is 2.11 bits per heavy atom. The number of hydrogen-bond donors (Lipinski definition) is 1. The topological polar surface area (TPSA) is 63.6 Å². The molecule has 1 rings (SSSR count). The van der Waals surface area contributed by atoms with Crippen LogP contribution in [-0.4, -0.2) is 31.6 Å². The molecule has 0 aliphatic carbocycles. The first-order valence-corrected chi connectivity index (χ1v) is 7.48. The van der Waals surface area contributed by atoms with E-state index >= 15 is 0 Å². The van der Waals surface area contributed by atoms with Crippen molar-refractivity contribution in [3.63, 3.8) is 0 Å². The van der Waals surface area contributed by atoms with Crippen LogP contribution in [0.15, 0.2) is 18.2 Å². The molecule has 1 atom stereocenters. The fourth-order valence-electron chi connectivity index (χ4n) is 1.37. The summed E-state index contributed by atoms with van der Waals surface area (Å²) in [5.74, 6) is -0.348. The molecule has 0 saturated carbocycles. The second kappa shape index (κ2) is 6.15. The number of halogens is 1. The van der Waals surface area contributed by atoms with Gasteiger partial charge in [0.1, 0.15) is 18.2 Å². The van der Waals surface area contributed by atoms with Gasteiger partial charge in [0.2, 0.25) is 0 Å². The van der Waals surface area contributed by atoms with Crippen molar-refractivity contribution in [1.29, 1.82) is 0 Å². The zero-order valence-electron chi connectivity index (χ0n) is 10.4. The molecule has 0 bridgehead atoms. The number of aliphatic hydroxyl groups is 1. The Balaban J connectivity index is 2.62. The third kappa shape index (κ3) is 4.27. The van der Waals surface area contributed by atoms with E-state index in [0.29, 0.717) is 0 Å². The highest BCUT2D eigenvalue weighted by Gasteiger charge is 2.10. The van der Waals surface area contributed by atoms with E-state index in [-0.39, 0.29) is 29.4 Å². The Kier molecular flexibility index (Phi) is 5.10. The van der Waals surface area contributed by atoms with E-state index in [1.165, 1.54) is 19.1 Å². The summed E-state index contributed by atoms with van der Waals surface area (Å²) in [7, 11) is -3.08. The molecule has 0 spiro atoms. The second-order valence-corrected chi connectivity index (χ2v) is 6.42. The summed E-state index contributed by atoms with van der Waals surface area (Å²) in [6.07, 6.45) is -0.889. The molecule has 6 heteroatoms. The van der Waals surface area contributed by atoms with Gasteiger partial charge in [-0.3, -0.25) is 0 Å². The van der Waals surface area contributed by atoms with Gasteiger partial charge >= 0.3 is 0 Å². The predicted molar refractivity (Wildman–Crippen MR) is 66.9 cm³/mol. The van der Waals surface area contributed by atoms with Crippen molar-refractivity contribution in [2.45, 2.75) is 20.0 Å². The van der Waals surface area contributed by atoms with Crippen molar-refractivity contribution in [2.24, 2.45) is 0 Å². The first kappa shape index (κ1) is 14.9. The van der Waals surface area contributed by atoms with Gasteiger partial charge < -0.3 is 9.84 Å². The number of hydrogen-bond acceptors (Lipinski definition) is 4. The van der Waals surface area contributed by atoms with Crippen molar-refractivity contribution in [1.82, 2.24) is 0 Å². The lowest BCUT2D eigenvalue weighted by atomic mass is 10.1. The van der Waals surface area contributed by atoms with Gasteiger partial charge in [0.25, 0.3) is 0 Å². The van der Waals surface area contributed by atoms with Crippen molar-refractivity contribution in [2.75, 3.05) is 18.1 Å². The van der Waals surface area contributed by atoms with Crippen molar-refractivity contribution < 1.29 is 22.7 Å². The first-order valence-electron chi connectivity index (χ1n) is 5.66. The molecule has 1 N–H and O–H groups in total. The van der Waals surface area contributed by atoms with Crippen LogP contribution < -0.4 is 4.74 Å². The molecule has 1 aromatic rings. The summed E-state index contributed by atoms with van der Waals surface area (Å²) in [6.45, 7) is 3.02. The quantitative estimate of drug-likeness (QED) is 0.859. The molecule has 0 amide bonds. The summed E-state index contributed by atoms with van der Waals surface area (Å²) >= 11 is 0. The second-order valence-electron chi connectivity index (χ2n) is 3.94. The molecule has 102 valence electrons. The standard InChI is InChI=1S/C12H17FO4S/c1-3-18(15,16)7-6-17-10-4-5-11(9(2)14)12(13)8-10/h4-5,8-9,14H,3,6-7H2,1-2H3/t9-/m1/s1. The number of sulfone groups is 1. The van der Waals surface area contributed by atoms with Gasteiger partial charge in [0, 0.05) is 17.4 Å². The molecule has 1 aromatic carbocycles. The molecule has 0 saturated heterocycles. The SMILES string of the molecule is CCS(=O)(=O)CCOc1ccc([C@@H](C)O)c(F)c1. The van der Waals surface area contributed by atoms with E-state index in [9.17, 15) is 17.9 Å². The van der Waals surface area contributed by atoms with E-state index in [1.54, 1.807) is 6.92 Å². The lowest BCUT2D eigenvalue weighted by Crippen LogP contribution is -2.15. The van der Waals surface area contributed by atoms with Crippen LogP contribution in [0.1, 0.15) is 25.5 Å². The Labute approximate surface area is 106 Å². The highest BCUT2D eigenvalue weighted by Crippen LogP contribution is 2.21. The number of rotatable bonds is 6. The fourth-order valence-corrected chi connectivity index (χ4v) is 1.99. The van der Waals surface area contributed by atoms with Gasteiger partial charge in [0.15, 0.2) is 9.84 Å². The van der Waals surface area contributed by atoms with Crippen LogP contribution in [0.4, 0.5) is 4.39 Å². The van der Waals surface area contributed by atoms with Crippen molar-refractivity contribution >= 4 is 9.84 Å². The van der Waals surface area contributed by atoms with Crippen LogP contribution in [0, 0.1) is 5.82 Å². The van der Waals surface area contributed by atoms with Crippen molar-refractivity contribution in [3.05, 3.63) is 29.6 Å². The Hall–Kier alpha value is -1.14. The minimum absolute atomic E-state index is 0.0103. The molecule has 18 heavy (non-hydrogen) atoms. The number of aliphatic hydroxyl groups excluding tert-OH is 1. The summed E-state index contributed by atoms with van der Waals surface area (Å²) in [4.78, 5) is 0. The largest absolute Gasteiger partial charge is 0.492 e. The van der Waals surface area contributed by atoms with E-state index in [2.05, 4.69) is 0 Å². The summed E-state index contributed by atoms with van der Waals surface area (Å²) in [5, 5.41) is 9.25. The van der Waals surface area contributed by atoms with E-state index in [0.717, 1.165) is 6.07 Å². The summed E-state index contributed by atoms with van der Waals surface area (Å²) in [6, 6.07) is 4.06. The van der Waals surface area contributed by atoms with Gasteiger partial charge in [-0.2, -0.15) is 0 Å². The maximum atomic E-state index is 13.5. The Morgan fingerprint density at radius 1 is 1.44 bits per heavy atom. The molecule has 0 heterocycles. The van der Waals surface area contributed by atoms with Gasteiger partial charge in [-0.25, -0.2) is 12.8 Å². The Bertz CT molecular complexity index is 497. The van der Waals surface area contributed by atoms with E-state index in [1.807, 2.05) is 0 Å². The number of benzene rings is 1. The zero-order chi connectivity index (χ0) is 13.8. The minimum atomic E-state index is -3.08. The first-order chi connectivity index (χ1) is 8.35. The van der Waals surface area contributed by atoms with Crippen molar-refractivity contribution in [3.8, 4) is 5.75 Å². The highest BCUT2D eigenvalue weighted by atomic mass is 32.2. The monoisotopic (exact) mass is 276 g/mol. The molecule has 0 aromatic heterocycles. The van der Waals surface area contributed by atoms with Gasteiger partial charge in [0.05, 0.1) is 11.9 Å². The van der Waals surface area contributed by atoms with Gasteiger partial charge in [-0.15, -0.1) is 0 Å². The fraction of sp³-hybridized carbons (Fsp3) is 0.500. The van der Waals surface area contributed by atoms with E-state index in [4.69, 9.17) is 4.74 Å². The normalized spacial score (nSPS) is 13.3. The van der Waals surface area contributed by atoms with Crippen LogP contribution in [0.2, 0.25) is 0 Å².